The molecule has 0 unspecified atom stereocenters. The van der Waals surface area contributed by atoms with E-state index in [9.17, 15) is 13.6 Å². The highest BCUT2D eigenvalue weighted by Gasteiger charge is 2.36. The molecule has 1 fully saturated rings. The highest BCUT2D eigenvalue weighted by molar-refractivity contribution is 6.33. The Morgan fingerprint density at radius 1 is 1.40 bits per heavy atom. The summed E-state index contributed by atoms with van der Waals surface area (Å²) < 4.78 is 26.2. The molecular weight excluding hydrogens is 286 g/mol. The molecule has 3 nitrogen and oxygen atoms in total. The van der Waals surface area contributed by atoms with Crippen molar-refractivity contribution in [2.75, 3.05) is 13.1 Å². The molecule has 1 aliphatic rings. The number of likely N-dealkylation sites (tertiary alicyclic amines) is 1. The summed E-state index contributed by atoms with van der Waals surface area (Å²) in [5, 5.41) is 0.276. The van der Waals surface area contributed by atoms with Gasteiger partial charge in [0.05, 0.1) is 5.02 Å². The number of piperidine rings is 1. The van der Waals surface area contributed by atoms with Crippen LogP contribution >= 0.6 is 11.6 Å². The Labute approximate surface area is 121 Å². The zero-order valence-electron chi connectivity index (χ0n) is 11.5. The van der Waals surface area contributed by atoms with Crippen LogP contribution in [0, 0.1) is 0 Å². The number of alkyl halides is 2. The van der Waals surface area contributed by atoms with Gasteiger partial charge in [0.1, 0.15) is 5.69 Å². The van der Waals surface area contributed by atoms with Gasteiger partial charge in [-0.1, -0.05) is 25.4 Å². The summed E-state index contributed by atoms with van der Waals surface area (Å²) in [6, 6.07) is 1.71. The van der Waals surface area contributed by atoms with Gasteiger partial charge in [0.2, 0.25) is 0 Å². The Bertz CT molecular complexity index is 510. The minimum Gasteiger partial charge on any atom is -0.337 e. The molecule has 0 N–H and O–H groups in total. The number of nitrogens with zero attached hydrogens (tertiary/aromatic N) is 2. The van der Waals surface area contributed by atoms with E-state index in [0.717, 1.165) is 5.56 Å². The predicted octanol–water partition coefficient (Wildman–Crippen LogP) is 3.73. The van der Waals surface area contributed by atoms with Crippen molar-refractivity contribution >= 4 is 17.5 Å². The first-order valence-electron chi connectivity index (χ1n) is 6.63. The zero-order chi connectivity index (χ0) is 14.9. The second-order valence-corrected chi connectivity index (χ2v) is 5.81. The van der Waals surface area contributed by atoms with Gasteiger partial charge in [-0.15, -0.1) is 0 Å². The van der Waals surface area contributed by atoms with Crippen LogP contribution in [0.15, 0.2) is 12.3 Å². The second kappa shape index (κ2) is 5.64. The van der Waals surface area contributed by atoms with Crippen molar-refractivity contribution in [2.45, 2.75) is 38.5 Å². The van der Waals surface area contributed by atoms with Gasteiger partial charge in [-0.3, -0.25) is 4.79 Å². The van der Waals surface area contributed by atoms with Crippen LogP contribution in [0.4, 0.5) is 8.78 Å². The topological polar surface area (TPSA) is 33.2 Å². The van der Waals surface area contributed by atoms with Crippen LogP contribution in [-0.4, -0.2) is 34.8 Å². The van der Waals surface area contributed by atoms with Crippen molar-refractivity contribution in [3.63, 3.8) is 0 Å². The molecule has 1 saturated heterocycles. The SMILES string of the molecule is CC(C)c1cnc(C(=O)N2CCC(F)(F)CC2)c(Cl)c1. The number of hydrogen-bond donors (Lipinski definition) is 0. The minimum absolute atomic E-state index is 0.0375. The maximum absolute atomic E-state index is 13.1. The van der Waals surface area contributed by atoms with E-state index in [0.29, 0.717) is 0 Å². The van der Waals surface area contributed by atoms with Crippen molar-refractivity contribution in [1.82, 2.24) is 9.88 Å². The molecule has 1 aromatic heterocycles. The summed E-state index contributed by atoms with van der Waals surface area (Å²) in [5.41, 5.74) is 1.08. The van der Waals surface area contributed by atoms with E-state index in [1.54, 1.807) is 12.3 Å². The molecule has 20 heavy (non-hydrogen) atoms. The molecule has 0 radical (unpaired) electrons. The Morgan fingerprint density at radius 2 is 2.00 bits per heavy atom. The first-order valence-corrected chi connectivity index (χ1v) is 7.00. The van der Waals surface area contributed by atoms with Crippen molar-refractivity contribution in [3.05, 3.63) is 28.5 Å². The van der Waals surface area contributed by atoms with Crippen LogP contribution in [0.1, 0.15) is 48.7 Å². The average Bonchev–Trinajstić information content (AvgIpc) is 2.37. The van der Waals surface area contributed by atoms with Crippen LogP contribution < -0.4 is 0 Å². The molecule has 6 heteroatoms. The lowest BCUT2D eigenvalue weighted by molar-refractivity contribution is -0.0495. The number of rotatable bonds is 2. The molecule has 1 aliphatic heterocycles. The van der Waals surface area contributed by atoms with Gasteiger partial charge in [0, 0.05) is 32.1 Å². The van der Waals surface area contributed by atoms with E-state index in [1.165, 1.54) is 4.90 Å². The average molecular weight is 303 g/mol. The van der Waals surface area contributed by atoms with E-state index in [4.69, 9.17) is 11.6 Å². The maximum atomic E-state index is 13.1. The lowest BCUT2D eigenvalue weighted by atomic mass is 10.0. The largest absolute Gasteiger partial charge is 0.337 e. The molecular formula is C14H17ClF2N2O. The standard InChI is InChI=1S/C14H17ClF2N2O/c1-9(2)10-7-11(15)12(18-8-10)13(20)19-5-3-14(16,17)4-6-19/h7-9H,3-6H2,1-2H3. The van der Waals surface area contributed by atoms with E-state index in [1.807, 2.05) is 13.8 Å². The Hall–Kier alpha value is -1.23. The summed E-state index contributed by atoms with van der Waals surface area (Å²) in [5.74, 6) is -2.78. The monoisotopic (exact) mass is 302 g/mol. The number of hydrogen-bond acceptors (Lipinski definition) is 2. The fraction of sp³-hybridized carbons (Fsp3) is 0.571. The minimum atomic E-state index is -2.67. The quantitative estimate of drug-likeness (QED) is 0.834. The van der Waals surface area contributed by atoms with Gasteiger partial charge in [0.15, 0.2) is 0 Å². The third kappa shape index (κ3) is 3.26. The Balaban J connectivity index is 2.14. The number of halogens is 3. The van der Waals surface area contributed by atoms with Crippen LogP contribution in [0.5, 0.6) is 0 Å². The molecule has 2 rings (SSSR count). The van der Waals surface area contributed by atoms with Gasteiger partial charge in [0.25, 0.3) is 11.8 Å². The van der Waals surface area contributed by atoms with Crippen LogP contribution in [0.3, 0.4) is 0 Å². The van der Waals surface area contributed by atoms with Gasteiger partial charge < -0.3 is 4.90 Å². The number of carbonyl (C=O) groups excluding carboxylic acids is 1. The van der Waals surface area contributed by atoms with E-state index in [2.05, 4.69) is 4.98 Å². The molecule has 0 aliphatic carbocycles. The first kappa shape index (κ1) is 15.2. The molecule has 2 heterocycles. The molecule has 110 valence electrons. The fourth-order valence-electron chi connectivity index (χ4n) is 2.11. The molecule has 0 atom stereocenters. The summed E-state index contributed by atoms with van der Waals surface area (Å²) in [6.45, 7) is 4.08. The first-order chi connectivity index (χ1) is 9.30. The molecule has 1 amide bonds. The van der Waals surface area contributed by atoms with Gasteiger partial charge in [-0.05, 0) is 17.5 Å². The predicted molar refractivity (Wildman–Crippen MR) is 73.4 cm³/mol. The third-order valence-electron chi connectivity index (χ3n) is 3.51. The number of amides is 1. The Morgan fingerprint density at radius 3 is 2.50 bits per heavy atom. The summed E-state index contributed by atoms with van der Waals surface area (Å²) in [4.78, 5) is 17.7. The highest BCUT2D eigenvalue weighted by Crippen LogP contribution is 2.29. The lowest BCUT2D eigenvalue weighted by Gasteiger charge is -2.31. The number of aromatic nitrogens is 1. The highest BCUT2D eigenvalue weighted by atomic mass is 35.5. The Kier molecular flexibility index (Phi) is 4.28. The summed E-state index contributed by atoms with van der Waals surface area (Å²) in [7, 11) is 0. The van der Waals surface area contributed by atoms with Crippen molar-refractivity contribution < 1.29 is 13.6 Å². The molecule has 0 spiro atoms. The van der Waals surface area contributed by atoms with Crippen LogP contribution in [0.25, 0.3) is 0 Å². The molecule has 0 aromatic carbocycles. The summed E-state index contributed by atoms with van der Waals surface area (Å²) in [6.07, 6.45) is 1.00. The lowest BCUT2D eigenvalue weighted by Crippen LogP contribution is -2.43. The van der Waals surface area contributed by atoms with Crippen LogP contribution in [0.2, 0.25) is 5.02 Å². The molecule has 0 saturated carbocycles. The van der Waals surface area contributed by atoms with Gasteiger partial charge in [-0.25, -0.2) is 13.8 Å². The van der Waals surface area contributed by atoms with Crippen LogP contribution in [-0.2, 0) is 0 Å². The van der Waals surface area contributed by atoms with Crippen molar-refractivity contribution in [2.24, 2.45) is 0 Å². The molecule has 0 bridgehead atoms. The van der Waals surface area contributed by atoms with E-state index < -0.39 is 5.92 Å². The third-order valence-corrected chi connectivity index (χ3v) is 3.80. The zero-order valence-corrected chi connectivity index (χ0v) is 12.3. The van der Waals surface area contributed by atoms with Gasteiger partial charge in [-0.2, -0.15) is 0 Å². The van der Waals surface area contributed by atoms with Gasteiger partial charge >= 0.3 is 0 Å². The molecule has 1 aromatic rings. The van der Waals surface area contributed by atoms with Crippen molar-refractivity contribution in [3.8, 4) is 0 Å². The van der Waals surface area contributed by atoms with Crippen molar-refractivity contribution in [1.29, 1.82) is 0 Å². The summed E-state index contributed by atoms with van der Waals surface area (Å²) >= 11 is 6.09. The van der Waals surface area contributed by atoms with E-state index in [-0.39, 0.29) is 48.5 Å². The number of carbonyl (C=O) groups is 1. The maximum Gasteiger partial charge on any atom is 0.274 e. The fourth-order valence-corrected chi connectivity index (χ4v) is 2.37. The normalized spacial score (nSPS) is 18.4. The van der Waals surface area contributed by atoms with E-state index >= 15 is 0 Å². The second-order valence-electron chi connectivity index (χ2n) is 5.40. The number of pyridine rings is 1. The smallest absolute Gasteiger partial charge is 0.274 e.